The number of halogens is 2. The summed E-state index contributed by atoms with van der Waals surface area (Å²) in [6.45, 7) is 28.6. The van der Waals surface area contributed by atoms with Crippen LogP contribution in [0.15, 0.2) is 22.7 Å². The van der Waals surface area contributed by atoms with Crippen LogP contribution in [0, 0.1) is 5.82 Å². The number of hydrogen-bond acceptors (Lipinski definition) is 4. The normalized spacial score (nSPS) is 16.8. The van der Waals surface area contributed by atoms with Gasteiger partial charge in [0.2, 0.25) is 0 Å². The maximum Gasteiger partial charge on any atom is 0.192 e. The molecule has 0 amide bonds. The third kappa shape index (κ3) is 9.82. The van der Waals surface area contributed by atoms with Gasteiger partial charge >= 0.3 is 0 Å². The topological polar surface area (TPSA) is 53.5 Å². The second-order valence-corrected chi connectivity index (χ2v) is 26.0. The standard InChI is InChI=1S/C26H49BrFNO3SSi2/c1-24(2,3)33(30)29-22(17-19-14-15-21(28)20(27)16-19)23(32-35(12,13)26(7,8)9)18-31-34(10,11)25(4,5)6/h14-16,22-23,29H,17-18H2,1-13H3/t22-,23+,33?/m0/s1. The van der Waals surface area contributed by atoms with E-state index in [0.29, 0.717) is 17.5 Å². The van der Waals surface area contributed by atoms with Crippen molar-refractivity contribution in [3.63, 3.8) is 0 Å². The van der Waals surface area contributed by atoms with Gasteiger partial charge in [0.25, 0.3) is 0 Å². The Morgan fingerprint density at radius 1 is 0.971 bits per heavy atom. The molecule has 0 aliphatic heterocycles. The van der Waals surface area contributed by atoms with Crippen LogP contribution in [-0.4, -0.2) is 44.7 Å². The molecule has 0 heterocycles. The van der Waals surface area contributed by atoms with Gasteiger partial charge in [-0.2, -0.15) is 0 Å². The Hall–Kier alpha value is 0.254. The Balaban J connectivity index is 3.45. The molecule has 204 valence electrons. The third-order valence-corrected chi connectivity index (χ3v) is 18.6. The molecule has 1 aromatic carbocycles. The second-order valence-electron chi connectivity index (χ2n) is 13.5. The zero-order valence-electron chi connectivity index (χ0n) is 24.2. The summed E-state index contributed by atoms with van der Waals surface area (Å²) in [5.74, 6) is -0.299. The zero-order chi connectivity index (χ0) is 27.6. The van der Waals surface area contributed by atoms with E-state index in [0.717, 1.165) is 5.56 Å². The van der Waals surface area contributed by atoms with E-state index in [1.54, 1.807) is 12.1 Å². The van der Waals surface area contributed by atoms with Crippen LogP contribution in [0.5, 0.6) is 0 Å². The SMILES string of the molecule is CC(C)(C)[S+]([O-])N[C@@H](Cc1ccc(F)c(Br)c1)[C@@H](CO[Si](C)(C)C(C)(C)C)O[Si](C)(C)C(C)(C)C. The van der Waals surface area contributed by atoms with Crippen molar-refractivity contribution in [2.75, 3.05) is 6.61 Å². The minimum absolute atomic E-state index is 0.00879. The van der Waals surface area contributed by atoms with Crippen molar-refractivity contribution in [1.29, 1.82) is 0 Å². The smallest absolute Gasteiger partial charge is 0.192 e. The van der Waals surface area contributed by atoms with Crippen molar-refractivity contribution in [2.45, 2.75) is 122 Å². The minimum Gasteiger partial charge on any atom is -0.598 e. The summed E-state index contributed by atoms with van der Waals surface area (Å²) in [5, 5.41) is 0.0718. The number of hydrogen-bond donors (Lipinski definition) is 1. The molecule has 1 rings (SSSR count). The number of rotatable bonds is 10. The summed E-state index contributed by atoms with van der Waals surface area (Å²) in [4.78, 5) is 0. The first-order chi connectivity index (χ1) is 15.5. The average Bonchev–Trinajstić information content (AvgIpc) is 2.64. The van der Waals surface area contributed by atoms with E-state index in [-0.39, 0.29) is 28.0 Å². The lowest BCUT2D eigenvalue weighted by atomic mass is 10.0. The van der Waals surface area contributed by atoms with Gasteiger partial charge in [0.1, 0.15) is 10.6 Å². The van der Waals surface area contributed by atoms with Gasteiger partial charge in [0.05, 0.1) is 23.2 Å². The van der Waals surface area contributed by atoms with Gasteiger partial charge in [-0.3, -0.25) is 0 Å². The molecule has 0 aromatic heterocycles. The van der Waals surface area contributed by atoms with E-state index in [4.69, 9.17) is 8.85 Å². The Kier molecular flexibility index (Phi) is 11.4. The highest BCUT2D eigenvalue weighted by molar-refractivity contribution is 9.10. The second kappa shape index (κ2) is 12.0. The fourth-order valence-electron chi connectivity index (χ4n) is 2.78. The van der Waals surface area contributed by atoms with Crippen LogP contribution in [0.1, 0.15) is 67.9 Å². The van der Waals surface area contributed by atoms with Gasteiger partial charge in [-0.05, 0) is 97.1 Å². The third-order valence-electron chi connectivity index (χ3n) is 7.37. The van der Waals surface area contributed by atoms with Gasteiger partial charge in [0, 0.05) is 11.4 Å². The molecule has 1 unspecified atom stereocenters. The summed E-state index contributed by atoms with van der Waals surface area (Å²) in [6, 6.07) is 4.77. The quantitative estimate of drug-likeness (QED) is 0.216. The van der Waals surface area contributed by atoms with E-state index in [2.05, 4.69) is 88.4 Å². The predicted octanol–water partition coefficient (Wildman–Crippen LogP) is 7.96. The minimum atomic E-state index is -2.18. The first-order valence-corrected chi connectivity index (χ1v) is 20.2. The van der Waals surface area contributed by atoms with Crippen molar-refractivity contribution >= 4 is 43.9 Å². The van der Waals surface area contributed by atoms with E-state index >= 15 is 0 Å². The Morgan fingerprint density at radius 3 is 1.91 bits per heavy atom. The molecule has 0 bridgehead atoms. The highest BCUT2D eigenvalue weighted by atomic mass is 79.9. The van der Waals surface area contributed by atoms with Crippen molar-refractivity contribution in [3.05, 3.63) is 34.1 Å². The van der Waals surface area contributed by atoms with Crippen LogP contribution in [0.2, 0.25) is 36.3 Å². The summed E-state index contributed by atoms with van der Waals surface area (Å²) in [5.41, 5.74) is 0.942. The van der Waals surface area contributed by atoms with E-state index < -0.39 is 32.7 Å². The average molecular weight is 611 g/mol. The molecule has 35 heavy (non-hydrogen) atoms. The molecule has 0 saturated carbocycles. The van der Waals surface area contributed by atoms with Crippen LogP contribution in [0.25, 0.3) is 0 Å². The van der Waals surface area contributed by atoms with E-state index in [9.17, 15) is 8.94 Å². The van der Waals surface area contributed by atoms with Gasteiger partial charge in [0.15, 0.2) is 16.6 Å². The lowest BCUT2D eigenvalue weighted by molar-refractivity contribution is 0.0818. The van der Waals surface area contributed by atoms with Crippen LogP contribution in [0.4, 0.5) is 4.39 Å². The zero-order valence-corrected chi connectivity index (χ0v) is 28.6. The molecule has 1 N–H and O–H groups in total. The van der Waals surface area contributed by atoms with Crippen molar-refractivity contribution in [3.8, 4) is 0 Å². The van der Waals surface area contributed by atoms with Crippen molar-refractivity contribution in [1.82, 2.24) is 4.72 Å². The monoisotopic (exact) mass is 609 g/mol. The lowest BCUT2D eigenvalue weighted by Gasteiger charge is -2.44. The molecule has 0 spiro atoms. The van der Waals surface area contributed by atoms with Gasteiger partial charge < -0.3 is 13.4 Å². The first kappa shape index (κ1) is 33.3. The summed E-state index contributed by atoms with van der Waals surface area (Å²) in [6.07, 6.45) is 0.237. The van der Waals surface area contributed by atoms with Crippen LogP contribution < -0.4 is 4.72 Å². The summed E-state index contributed by atoms with van der Waals surface area (Å²) < 4.78 is 44.2. The van der Waals surface area contributed by atoms with Gasteiger partial charge in [-0.25, -0.2) is 4.39 Å². The Morgan fingerprint density at radius 2 is 1.49 bits per heavy atom. The highest BCUT2D eigenvalue weighted by Crippen LogP contribution is 2.40. The Labute approximate surface area is 228 Å². The van der Waals surface area contributed by atoms with Gasteiger partial charge in [-0.15, -0.1) is 4.72 Å². The number of benzene rings is 1. The molecule has 4 nitrogen and oxygen atoms in total. The van der Waals surface area contributed by atoms with Crippen LogP contribution in [-0.2, 0) is 26.6 Å². The van der Waals surface area contributed by atoms with Crippen molar-refractivity contribution in [2.24, 2.45) is 0 Å². The molecule has 0 radical (unpaired) electrons. The molecule has 0 aliphatic rings. The molecule has 0 fully saturated rings. The molecular weight excluding hydrogens is 561 g/mol. The molecular formula is C26H49BrFNO3SSi2. The molecule has 1 aromatic rings. The van der Waals surface area contributed by atoms with Crippen LogP contribution >= 0.6 is 15.9 Å². The largest absolute Gasteiger partial charge is 0.598 e. The Bertz CT molecular complexity index is 835. The van der Waals surface area contributed by atoms with Gasteiger partial charge in [-0.1, -0.05) is 47.6 Å². The maximum atomic E-state index is 13.9. The van der Waals surface area contributed by atoms with E-state index in [1.165, 1.54) is 6.07 Å². The molecule has 0 aliphatic carbocycles. The van der Waals surface area contributed by atoms with Crippen LogP contribution in [0.3, 0.4) is 0 Å². The fourth-order valence-corrected chi connectivity index (χ4v) is 6.42. The molecule has 3 atom stereocenters. The first-order valence-electron chi connectivity index (χ1n) is 12.4. The van der Waals surface area contributed by atoms with Crippen molar-refractivity contribution < 1.29 is 17.8 Å². The highest BCUT2D eigenvalue weighted by Gasteiger charge is 2.44. The molecule has 9 heteroatoms. The molecule has 0 saturated heterocycles. The number of nitrogens with one attached hydrogen (secondary N) is 1. The lowest BCUT2D eigenvalue weighted by Crippen LogP contribution is -2.57. The predicted molar refractivity (Wildman–Crippen MR) is 158 cm³/mol. The summed E-state index contributed by atoms with van der Waals surface area (Å²) in [7, 11) is -4.22. The fraction of sp³-hybridized carbons (Fsp3) is 0.769. The van der Waals surface area contributed by atoms with E-state index in [1.807, 2.05) is 20.8 Å². The summed E-state index contributed by atoms with van der Waals surface area (Å²) >= 11 is 2.00. The maximum absolute atomic E-state index is 13.9.